The number of nitrogen functional groups attached to an aromatic ring is 3. The van der Waals surface area contributed by atoms with Gasteiger partial charge in [0.1, 0.15) is 79.1 Å². The van der Waals surface area contributed by atoms with Gasteiger partial charge < -0.3 is 63.0 Å². The van der Waals surface area contributed by atoms with E-state index in [1.807, 2.05) is 40.8 Å². The van der Waals surface area contributed by atoms with Crippen molar-refractivity contribution in [1.82, 2.24) is 108 Å². The van der Waals surface area contributed by atoms with Gasteiger partial charge in [0, 0.05) is 144 Å². The highest BCUT2D eigenvalue weighted by Gasteiger charge is 2.34. The van der Waals surface area contributed by atoms with Gasteiger partial charge in [-0.2, -0.15) is 28.8 Å². The Bertz CT molecular complexity index is 7400. The summed E-state index contributed by atoms with van der Waals surface area (Å²) < 4.78 is 27.4. The molecule has 0 saturated heterocycles. The average Bonchev–Trinajstić information content (AvgIpc) is 1.60. The minimum atomic E-state index is -0.721. The van der Waals surface area contributed by atoms with Gasteiger partial charge >= 0.3 is 18.3 Å². The van der Waals surface area contributed by atoms with Crippen molar-refractivity contribution in [1.29, 1.82) is 0 Å². The smallest absolute Gasteiger partial charge is 0.415 e. The molecule has 0 unspecified atom stereocenters. The van der Waals surface area contributed by atoms with E-state index in [2.05, 4.69) is 103 Å². The van der Waals surface area contributed by atoms with Crippen LogP contribution in [0, 0.1) is 34.6 Å². The van der Waals surface area contributed by atoms with Crippen LogP contribution in [0.5, 0.6) is 0 Å². The summed E-state index contributed by atoms with van der Waals surface area (Å²) >= 11 is 16.7. The van der Waals surface area contributed by atoms with Crippen molar-refractivity contribution in [2.24, 2.45) is 0 Å². The van der Waals surface area contributed by atoms with Gasteiger partial charge in [-0.1, -0.05) is 11.6 Å². The van der Waals surface area contributed by atoms with Gasteiger partial charge in [-0.05, 0) is 212 Å². The third kappa shape index (κ3) is 28.0. The number of nitrogens with zero attached hydrogens (tertiary/aromatic N) is 21. The summed E-state index contributed by atoms with van der Waals surface area (Å²) in [6.07, 6.45) is 25.0. The molecule has 3 saturated carbocycles. The highest BCUT2D eigenvalue weighted by atomic mass is 79.9. The van der Waals surface area contributed by atoms with Gasteiger partial charge in [0.25, 0.3) is 45.5 Å². The minimum absolute atomic E-state index is 0.139. The molecule has 3 fully saturated rings. The maximum absolute atomic E-state index is 13.3. The Hall–Kier alpha value is -15.3. The fourth-order valence-corrected chi connectivity index (χ4v) is 17.0. The van der Waals surface area contributed by atoms with Crippen LogP contribution in [0.15, 0.2) is 187 Å². The normalized spacial score (nSPS) is 12.5. The van der Waals surface area contributed by atoms with E-state index in [1.54, 1.807) is 223 Å². The molecular formula is C93H104BrClN30O14S5. The number of carbonyl (C=O) groups excluding carboxylic acids is 6. The maximum atomic E-state index is 13.3. The molecule has 16 heterocycles. The number of halogens is 2. The van der Waals surface area contributed by atoms with E-state index in [0.717, 1.165) is 62.0 Å². The first-order chi connectivity index (χ1) is 68.1. The number of nitrogens with one attached hydrogen (secondary N) is 6. The molecule has 0 radical (unpaired) electrons. The van der Waals surface area contributed by atoms with Gasteiger partial charge in [-0.25, -0.2) is 54.3 Å². The summed E-state index contributed by atoms with van der Waals surface area (Å²) in [4.78, 5) is 182. The number of hydrogen-bond acceptors (Lipinski definition) is 35. The second-order valence-corrected chi connectivity index (χ2v) is 43.3. The predicted octanol–water partition coefficient (Wildman–Crippen LogP) is 14.5. The van der Waals surface area contributed by atoms with Crippen LogP contribution in [0.3, 0.4) is 0 Å². The number of ether oxygens (including phenoxy) is 3. The molecule has 754 valence electrons. The highest BCUT2D eigenvalue weighted by molar-refractivity contribution is 9.11. The number of nitrogens with two attached hydrogens (primary N) is 3. The number of hydrogen-bond donors (Lipinski definition) is 9. The van der Waals surface area contributed by atoms with Crippen molar-refractivity contribution >= 4 is 195 Å². The van der Waals surface area contributed by atoms with Gasteiger partial charge in [0.15, 0.2) is 41.4 Å². The maximum Gasteiger partial charge on any atom is 0.415 e. The molecule has 0 aliphatic heterocycles. The Kier molecular flexibility index (Phi) is 33.4. The molecule has 51 heteroatoms. The molecule has 3 aliphatic rings. The first-order valence-corrected chi connectivity index (χ1v) is 49.7. The lowest BCUT2D eigenvalue weighted by atomic mass is 10.2. The third-order valence-electron chi connectivity index (χ3n) is 19.9. The number of anilines is 10. The van der Waals surface area contributed by atoms with Crippen LogP contribution < -0.4 is 86.3 Å². The molecule has 0 bridgehead atoms. The SMILES string of the molecule is CN(C(=O)OC(C)(C)C)c1cc(Cl)nc2c(C(=O)NC3CC3)cnn12.Cc1cnc(-n2cccc(N)c2=O)s1.Cc1cnc(-n2cccc(N)c2=O)s1.Cc1cnc(-n2cccc(Nc3cc(N(C)C(=O)OC(C)(C)C)n4ncc(C(=O)NC5CC5)c4n3)c2=O)s1.Cc1cnc(-n2cccc(Nc3cc(N(C)C(=O)OC(C)(C)C)n4ncc(C(=O)NC5CC5)c4n3)c2=O)s1.Cc1cnc(Br)s1.Nc1ccc[nH]c1=O. The van der Waals surface area contributed by atoms with E-state index in [-0.39, 0.29) is 137 Å². The quantitative estimate of drug-likeness (QED) is 0.0302. The molecular weight excluding hydrogens is 2040 g/mol. The standard InChI is InChI=1S/2C25H28N8O4S.C16H20ClN5O3.2C9H9N3OS.C5H6N2O.C4H4BrNS/c2*1-14-12-26-23(38-14)32-10-6-7-17(22(32)35)29-18-11-19(31(5)24(36)37-25(2,3)4)33-20(30-18)16(13-27-33)21(34)28-15-8-9-15;1-16(2,3)25-15(24)21(4)12-7-11(17)20-13-10(8-18-22(12)13)14(23)19-9-5-6-9;2*1-6-5-11-9(14-6)12-4-2-3-7(10)8(12)13;6-4-2-1-3-7-5(4)8;1-3-2-6-4(5)7-3/h2*6-7,10-13,15H,8-9H2,1-5H3,(H,28,34)(H,29,30);7-9H,5-6H2,1-4H3,(H,19,23);2*2-5H,10H2,1H3;1-3H,6H2,(H,7,8);2H,1H3. The number of amides is 6. The molecule has 0 atom stereocenters. The van der Waals surface area contributed by atoms with Crippen molar-refractivity contribution < 1.29 is 43.0 Å². The van der Waals surface area contributed by atoms with Crippen LogP contribution in [-0.2, 0) is 14.2 Å². The second-order valence-electron chi connectivity index (χ2n) is 35.6. The number of H-pyrrole nitrogens is 1. The largest absolute Gasteiger partial charge is 0.443 e. The van der Waals surface area contributed by atoms with E-state index >= 15 is 0 Å². The Morgan fingerprint density at radius 1 is 0.417 bits per heavy atom. The van der Waals surface area contributed by atoms with Crippen LogP contribution in [0.1, 0.15) is 156 Å². The number of pyridine rings is 5. The number of aromatic amines is 1. The summed E-state index contributed by atoms with van der Waals surface area (Å²) in [7, 11) is 4.63. The Morgan fingerprint density at radius 2 is 0.715 bits per heavy atom. The average molecular weight is 2140 g/mol. The Balaban J connectivity index is 0.000000152. The van der Waals surface area contributed by atoms with E-state index in [9.17, 15) is 52.7 Å². The molecule has 3 aliphatic carbocycles. The van der Waals surface area contributed by atoms with E-state index in [4.69, 9.17) is 43.0 Å². The molecule has 144 heavy (non-hydrogen) atoms. The molecule has 0 spiro atoms. The van der Waals surface area contributed by atoms with Gasteiger partial charge in [0.05, 0.1) is 35.7 Å². The fourth-order valence-electron chi connectivity index (χ4n) is 12.5. The highest BCUT2D eigenvalue weighted by Crippen LogP contribution is 2.32. The number of carbonyl (C=O) groups is 6. The van der Waals surface area contributed by atoms with Crippen LogP contribution in [0.2, 0.25) is 5.15 Å². The minimum Gasteiger partial charge on any atom is -0.443 e. The summed E-state index contributed by atoms with van der Waals surface area (Å²) in [5.41, 5.74) is 15.6. The molecule has 12 N–H and O–H groups in total. The topological polar surface area (TPSA) is 554 Å². The van der Waals surface area contributed by atoms with Crippen LogP contribution in [-0.4, -0.2) is 184 Å². The summed E-state index contributed by atoms with van der Waals surface area (Å²) in [6.45, 7) is 25.7. The predicted molar refractivity (Wildman–Crippen MR) is 561 cm³/mol. The number of aryl methyl sites for hydroxylation is 5. The molecule has 0 aromatic carbocycles. The molecule has 44 nitrogen and oxygen atoms in total. The summed E-state index contributed by atoms with van der Waals surface area (Å²) in [6, 6.07) is 21.7. The van der Waals surface area contributed by atoms with Crippen LogP contribution >= 0.6 is 84.2 Å². The first-order valence-electron chi connectivity index (χ1n) is 44.4. The summed E-state index contributed by atoms with van der Waals surface area (Å²) in [5.74, 6) is 0.572. The van der Waals surface area contributed by atoms with Gasteiger partial charge in [-0.15, -0.1) is 56.7 Å². The lowest BCUT2D eigenvalue weighted by Gasteiger charge is -2.25. The lowest BCUT2D eigenvalue weighted by Crippen LogP contribution is -2.35. The Labute approximate surface area is 855 Å². The summed E-state index contributed by atoms with van der Waals surface area (Å²) in [5, 5.41) is 30.3. The van der Waals surface area contributed by atoms with Gasteiger partial charge in [0.2, 0.25) is 0 Å². The molecule has 16 aromatic heterocycles. The van der Waals surface area contributed by atoms with Crippen molar-refractivity contribution in [3.63, 3.8) is 0 Å². The Morgan fingerprint density at radius 3 is 0.986 bits per heavy atom. The zero-order valence-corrected chi connectivity index (χ0v) is 87.5. The van der Waals surface area contributed by atoms with Crippen LogP contribution in [0.25, 0.3) is 37.5 Å². The fraction of sp³-hybridized carbons (Fsp3) is 0.312. The van der Waals surface area contributed by atoms with Crippen molar-refractivity contribution in [3.8, 4) is 20.5 Å². The number of thiazole rings is 5. The van der Waals surface area contributed by atoms with E-state index in [0.29, 0.717) is 43.5 Å². The molecule has 6 amide bonds. The number of aromatic nitrogens is 19. The second kappa shape index (κ2) is 45.3. The number of fused-ring (bicyclic) bond motifs is 3. The molecule has 19 rings (SSSR count). The lowest BCUT2D eigenvalue weighted by molar-refractivity contribution is 0.0577. The van der Waals surface area contributed by atoms with Crippen molar-refractivity contribution in [3.05, 3.63) is 261 Å². The van der Waals surface area contributed by atoms with E-state index < -0.39 is 35.1 Å². The monoisotopic (exact) mass is 2140 g/mol. The third-order valence-corrected chi connectivity index (χ3v) is 25.1. The van der Waals surface area contributed by atoms with Crippen LogP contribution in [0.4, 0.5) is 71.9 Å². The zero-order chi connectivity index (χ0) is 104. The van der Waals surface area contributed by atoms with Crippen molar-refractivity contribution in [2.45, 2.75) is 170 Å². The number of rotatable bonds is 17. The molecule has 16 aromatic rings. The van der Waals surface area contributed by atoms with Crippen molar-refractivity contribution in [2.75, 3.05) is 63.7 Å². The van der Waals surface area contributed by atoms with E-state index in [1.165, 1.54) is 121 Å². The first kappa shape index (κ1) is 106. The van der Waals surface area contributed by atoms with Gasteiger partial charge in [-0.3, -0.25) is 71.3 Å². The zero-order valence-electron chi connectivity index (χ0n) is 81.1.